The molecule has 0 saturated carbocycles. The SMILES string of the molecule is COc1ccc(Cl)cc1N(CC(=O)NCc1ccc(N2CCCC(C)C2)cc1)S(=O)(=O)c1ccccc1. The van der Waals surface area contributed by atoms with E-state index in [1.165, 1.54) is 43.8 Å². The zero-order valence-electron chi connectivity index (χ0n) is 21.1. The quantitative estimate of drug-likeness (QED) is 0.408. The van der Waals surface area contributed by atoms with E-state index in [1.54, 1.807) is 30.3 Å². The molecule has 1 aliphatic rings. The second-order valence-electron chi connectivity index (χ2n) is 9.28. The van der Waals surface area contributed by atoms with E-state index in [1.807, 2.05) is 12.1 Å². The first-order valence-electron chi connectivity index (χ1n) is 12.3. The van der Waals surface area contributed by atoms with Crippen molar-refractivity contribution in [2.45, 2.75) is 31.2 Å². The van der Waals surface area contributed by atoms with Crippen LogP contribution < -0.4 is 19.3 Å². The molecular weight excluding hydrogens is 510 g/mol. The summed E-state index contributed by atoms with van der Waals surface area (Å²) in [6, 6.07) is 20.8. The molecule has 1 unspecified atom stereocenters. The predicted molar refractivity (Wildman–Crippen MR) is 148 cm³/mol. The Morgan fingerprint density at radius 3 is 2.51 bits per heavy atom. The summed E-state index contributed by atoms with van der Waals surface area (Å²) in [6.45, 7) is 4.23. The molecule has 37 heavy (non-hydrogen) atoms. The van der Waals surface area contributed by atoms with Crippen molar-refractivity contribution >= 4 is 38.9 Å². The van der Waals surface area contributed by atoms with E-state index in [9.17, 15) is 13.2 Å². The second-order valence-corrected chi connectivity index (χ2v) is 11.6. The van der Waals surface area contributed by atoms with Crippen LogP contribution in [0.4, 0.5) is 11.4 Å². The molecule has 196 valence electrons. The third-order valence-corrected chi connectivity index (χ3v) is 8.49. The largest absolute Gasteiger partial charge is 0.495 e. The van der Waals surface area contributed by atoms with Crippen molar-refractivity contribution in [3.8, 4) is 5.75 Å². The van der Waals surface area contributed by atoms with Crippen LogP contribution in [-0.2, 0) is 21.4 Å². The van der Waals surface area contributed by atoms with Gasteiger partial charge in [-0.1, -0.05) is 48.9 Å². The topological polar surface area (TPSA) is 79.0 Å². The minimum atomic E-state index is -4.08. The van der Waals surface area contributed by atoms with E-state index < -0.39 is 22.5 Å². The number of nitrogens with one attached hydrogen (secondary N) is 1. The van der Waals surface area contributed by atoms with Crippen molar-refractivity contribution in [1.82, 2.24) is 5.32 Å². The van der Waals surface area contributed by atoms with Gasteiger partial charge in [-0.25, -0.2) is 8.42 Å². The number of hydrogen-bond acceptors (Lipinski definition) is 5. The van der Waals surface area contributed by atoms with Gasteiger partial charge in [0.25, 0.3) is 10.0 Å². The Labute approximate surface area is 224 Å². The maximum atomic E-state index is 13.6. The van der Waals surface area contributed by atoms with Crippen LogP contribution in [0.25, 0.3) is 0 Å². The second kappa shape index (κ2) is 11.9. The lowest BCUT2D eigenvalue weighted by molar-refractivity contribution is -0.119. The van der Waals surface area contributed by atoms with Gasteiger partial charge in [0.2, 0.25) is 5.91 Å². The van der Waals surface area contributed by atoms with Crippen molar-refractivity contribution in [3.63, 3.8) is 0 Å². The molecule has 1 heterocycles. The molecule has 0 aromatic heterocycles. The van der Waals surface area contributed by atoms with Crippen molar-refractivity contribution in [2.75, 3.05) is 35.9 Å². The number of benzene rings is 3. The number of nitrogens with zero attached hydrogens (tertiary/aromatic N) is 2. The highest BCUT2D eigenvalue weighted by Gasteiger charge is 2.29. The lowest BCUT2D eigenvalue weighted by atomic mass is 9.99. The van der Waals surface area contributed by atoms with Crippen LogP contribution in [0.1, 0.15) is 25.3 Å². The summed E-state index contributed by atoms with van der Waals surface area (Å²) in [5, 5.41) is 3.17. The predicted octanol–water partition coefficient (Wildman–Crippen LogP) is 5.10. The highest BCUT2D eigenvalue weighted by atomic mass is 35.5. The number of sulfonamides is 1. The molecule has 1 atom stereocenters. The maximum Gasteiger partial charge on any atom is 0.264 e. The number of methoxy groups -OCH3 is 1. The molecule has 3 aromatic carbocycles. The molecule has 0 radical (unpaired) electrons. The molecule has 4 rings (SSSR count). The molecule has 1 fully saturated rings. The summed E-state index contributed by atoms with van der Waals surface area (Å²) in [5.74, 6) is 0.524. The molecule has 7 nitrogen and oxygen atoms in total. The molecule has 0 spiro atoms. The average molecular weight is 542 g/mol. The van der Waals surface area contributed by atoms with Gasteiger partial charge in [-0.15, -0.1) is 0 Å². The van der Waals surface area contributed by atoms with E-state index in [0.717, 1.165) is 23.0 Å². The number of anilines is 2. The van der Waals surface area contributed by atoms with Crippen molar-refractivity contribution in [2.24, 2.45) is 5.92 Å². The summed E-state index contributed by atoms with van der Waals surface area (Å²) in [7, 11) is -2.64. The minimum Gasteiger partial charge on any atom is -0.495 e. The number of carbonyl (C=O) groups excluding carboxylic acids is 1. The number of halogens is 1. The number of piperidine rings is 1. The highest BCUT2D eigenvalue weighted by Crippen LogP contribution is 2.34. The van der Waals surface area contributed by atoms with Gasteiger partial charge in [0.15, 0.2) is 0 Å². The molecule has 0 aliphatic carbocycles. The summed E-state index contributed by atoms with van der Waals surface area (Å²) in [6.07, 6.45) is 2.46. The third kappa shape index (κ3) is 6.56. The monoisotopic (exact) mass is 541 g/mol. The van der Waals surface area contributed by atoms with Gasteiger partial charge in [-0.3, -0.25) is 9.10 Å². The van der Waals surface area contributed by atoms with E-state index in [4.69, 9.17) is 16.3 Å². The number of ether oxygens (including phenoxy) is 1. The molecule has 1 saturated heterocycles. The summed E-state index contributed by atoms with van der Waals surface area (Å²) >= 11 is 6.19. The van der Waals surface area contributed by atoms with Crippen LogP contribution in [0.2, 0.25) is 5.02 Å². The first-order valence-corrected chi connectivity index (χ1v) is 14.1. The van der Waals surface area contributed by atoms with E-state index in [0.29, 0.717) is 16.7 Å². The van der Waals surface area contributed by atoms with Crippen LogP contribution >= 0.6 is 11.6 Å². The number of amides is 1. The van der Waals surface area contributed by atoms with Crippen LogP contribution in [0, 0.1) is 5.92 Å². The Hall–Kier alpha value is -3.23. The van der Waals surface area contributed by atoms with Crippen LogP contribution in [0.5, 0.6) is 5.75 Å². The van der Waals surface area contributed by atoms with E-state index >= 15 is 0 Å². The molecule has 9 heteroatoms. The summed E-state index contributed by atoms with van der Waals surface area (Å²) in [5.41, 5.74) is 2.30. The molecule has 3 aromatic rings. The number of rotatable bonds is 9. The normalized spacial score (nSPS) is 15.8. The van der Waals surface area contributed by atoms with Crippen LogP contribution in [0.3, 0.4) is 0 Å². The molecular formula is C28H32ClN3O4S. The Bertz CT molecular complexity index is 1320. The fraction of sp³-hybridized carbons (Fsp3) is 0.321. The van der Waals surface area contributed by atoms with Crippen LogP contribution in [0.15, 0.2) is 77.7 Å². The van der Waals surface area contributed by atoms with Gasteiger partial charge >= 0.3 is 0 Å². The van der Waals surface area contributed by atoms with Gasteiger partial charge in [0.05, 0.1) is 17.7 Å². The first-order chi connectivity index (χ1) is 17.8. The Morgan fingerprint density at radius 2 is 1.84 bits per heavy atom. The van der Waals surface area contributed by atoms with E-state index in [2.05, 4.69) is 29.3 Å². The summed E-state index contributed by atoms with van der Waals surface area (Å²) in [4.78, 5) is 15.5. The molecule has 0 bridgehead atoms. The molecule has 1 N–H and O–H groups in total. The molecule has 1 amide bonds. The zero-order valence-corrected chi connectivity index (χ0v) is 22.6. The van der Waals surface area contributed by atoms with E-state index in [-0.39, 0.29) is 17.1 Å². The fourth-order valence-electron chi connectivity index (χ4n) is 4.51. The number of hydrogen-bond donors (Lipinski definition) is 1. The zero-order chi connectivity index (χ0) is 26.4. The lowest BCUT2D eigenvalue weighted by Crippen LogP contribution is -2.40. The fourth-order valence-corrected chi connectivity index (χ4v) is 6.12. The smallest absolute Gasteiger partial charge is 0.264 e. The minimum absolute atomic E-state index is 0.0625. The first kappa shape index (κ1) is 26.8. The van der Waals surface area contributed by atoms with Crippen LogP contribution in [-0.4, -0.2) is 41.1 Å². The Morgan fingerprint density at radius 1 is 1.11 bits per heavy atom. The van der Waals surface area contributed by atoms with Crippen molar-refractivity contribution < 1.29 is 17.9 Å². The third-order valence-electron chi connectivity index (χ3n) is 6.48. The maximum absolute atomic E-state index is 13.6. The standard InChI is InChI=1S/C28H32ClN3O4S/c1-21-7-6-16-31(19-21)24-13-10-22(11-14-24)18-30-28(33)20-32(26-17-23(29)12-15-27(26)36-2)37(34,35)25-8-4-3-5-9-25/h3-5,8-15,17,21H,6-7,16,18-20H2,1-2H3,(H,30,33). The highest BCUT2D eigenvalue weighted by molar-refractivity contribution is 7.92. The number of carbonyl (C=O) groups is 1. The van der Waals surface area contributed by atoms with Gasteiger partial charge < -0.3 is 15.0 Å². The van der Waals surface area contributed by atoms with Crippen molar-refractivity contribution in [3.05, 3.63) is 83.4 Å². The Kier molecular flexibility index (Phi) is 8.61. The average Bonchev–Trinajstić information content (AvgIpc) is 2.91. The lowest BCUT2D eigenvalue weighted by Gasteiger charge is -2.32. The summed E-state index contributed by atoms with van der Waals surface area (Å²) < 4.78 is 33.6. The van der Waals surface area contributed by atoms with Gasteiger partial charge in [0.1, 0.15) is 12.3 Å². The molecule has 1 aliphatic heterocycles. The van der Waals surface area contributed by atoms with Gasteiger partial charge in [0, 0.05) is 30.3 Å². The van der Waals surface area contributed by atoms with Crippen molar-refractivity contribution in [1.29, 1.82) is 0 Å². The van der Waals surface area contributed by atoms with Gasteiger partial charge in [-0.2, -0.15) is 0 Å². The van der Waals surface area contributed by atoms with Gasteiger partial charge in [-0.05, 0) is 66.8 Å². The Balaban J connectivity index is 1.50.